The van der Waals surface area contributed by atoms with Crippen LogP contribution in [0.4, 0.5) is 11.6 Å². The molecule has 1 atom stereocenters. The fourth-order valence-electron chi connectivity index (χ4n) is 2.96. The van der Waals surface area contributed by atoms with Gasteiger partial charge in [-0.15, -0.1) is 0 Å². The number of carbonyl (C=O) groups excluding carboxylic acids is 1. The molecule has 0 aliphatic carbocycles. The molecule has 4 rings (SSSR count). The maximum Gasteiger partial charge on any atom is 0.255 e. The summed E-state index contributed by atoms with van der Waals surface area (Å²) in [6.07, 6.45) is 3.19. The van der Waals surface area contributed by atoms with Gasteiger partial charge >= 0.3 is 0 Å². The fraction of sp³-hybridized carbons (Fsp3) is 0.118. The first-order valence-electron chi connectivity index (χ1n) is 7.97. The first-order valence-corrected chi connectivity index (χ1v) is 8.73. The van der Waals surface area contributed by atoms with Crippen molar-refractivity contribution in [1.29, 1.82) is 0 Å². The highest BCUT2D eigenvalue weighted by Crippen LogP contribution is 2.39. The number of anilines is 2. The summed E-state index contributed by atoms with van der Waals surface area (Å²) in [5.74, 6) is 0.0849. The van der Waals surface area contributed by atoms with E-state index in [1.54, 1.807) is 49.6 Å². The molecule has 3 aromatic rings. The molecule has 2 N–H and O–H groups in total. The second-order valence-corrected chi connectivity index (χ2v) is 6.64. The predicted octanol–water partition coefficient (Wildman–Crippen LogP) is 3.30. The number of halogens is 2. The van der Waals surface area contributed by atoms with Crippen LogP contribution in [0, 0.1) is 0 Å². The Hall–Kier alpha value is -2.97. The molecule has 2 aromatic heterocycles. The molecule has 1 aromatic carbocycles. The summed E-state index contributed by atoms with van der Waals surface area (Å²) in [6, 6.07) is 8.09. The number of hydrogen-bond donors (Lipinski definition) is 2. The van der Waals surface area contributed by atoms with Crippen molar-refractivity contribution in [2.75, 3.05) is 10.6 Å². The highest BCUT2D eigenvalue weighted by atomic mass is 35.5. The van der Waals surface area contributed by atoms with Crippen LogP contribution >= 0.6 is 23.2 Å². The monoisotopic (exact) mass is 401 g/mol. The van der Waals surface area contributed by atoms with Gasteiger partial charge in [0.2, 0.25) is 5.95 Å². The number of aromatic nitrogens is 5. The van der Waals surface area contributed by atoms with E-state index in [0.29, 0.717) is 38.5 Å². The number of rotatable bonds is 3. The van der Waals surface area contributed by atoms with E-state index in [9.17, 15) is 4.79 Å². The molecule has 0 fully saturated rings. The number of nitrogens with zero attached hydrogens (tertiary/aromatic N) is 5. The molecular formula is C17H13Cl2N7O. The number of nitrogens with one attached hydrogen (secondary N) is 2. The SMILES string of the molecule is CC1=C(C(=O)Nc2cccnc2)C(c2cccc(Cl)c2Cl)n2nnnc2N1. The zero-order chi connectivity index (χ0) is 19.0. The fourth-order valence-corrected chi connectivity index (χ4v) is 3.37. The van der Waals surface area contributed by atoms with Crippen molar-refractivity contribution in [1.82, 2.24) is 25.2 Å². The third kappa shape index (κ3) is 3.13. The maximum atomic E-state index is 13.1. The molecule has 136 valence electrons. The summed E-state index contributed by atoms with van der Waals surface area (Å²) in [4.78, 5) is 17.1. The summed E-state index contributed by atoms with van der Waals surface area (Å²) in [5.41, 5.74) is 2.22. The van der Waals surface area contributed by atoms with Gasteiger partial charge in [0.15, 0.2) is 0 Å². The highest BCUT2D eigenvalue weighted by molar-refractivity contribution is 6.42. The third-order valence-corrected chi connectivity index (χ3v) is 4.99. The Bertz CT molecular complexity index is 1050. The summed E-state index contributed by atoms with van der Waals surface area (Å²) >= 11 is 12.6. The van der Waals surface area contributed by atoms with E-state index >= 15 is 0 Å². The molecule has 0 radical (unpaired) electrons. The van der Waals surface area contributed by atoms with Gasteiger partial charge in [-0.2, -0.15) is 4.68 Å². The first-order chi connectivity index (χ1) is 13.1. The van der Waals surface area contributed by atoms with Crippen molar-refractivity contribution in [3.63, 3.8) is 0 Å². The largest absolute Gasteiger partial charge is 0.326 e. The van der Waals surface area contributed by atoms with Crippen LogP contribution in [0.2, 0.25) is 10.0 Å². The van der Waals surface area contributed by atoms with Crippen molar-refractivity contribution in [2.45, 2.75) is 13.0 Å². The van der Waals surface area contributed by atoms with Crippen LogP contribution < -0.4 is 10.6 Å². The average Bonchev–Trinajstić information content (AvgIpc) is 3.12. The van der Waals surface area contributed by atoms with E-state index < -0.39 is 6.04 Å². The molecule has 8 nitrogen and oxygen atoms in total. The molecule has 0 saturated heterocycles. The van der Waals surface area contributed by atoms with E-state index in [4.69, 9.17) is 23.2 Å². The number of hydrogen-bond acceptors (Lipinski definition) is 6. The van der Waals surface area contributed by atoms with E-state index in [-0.39, 0.29) is 5.91 Å². The molecule has 1 aliphatic rings. The molecule has 27 heavy (non-hydrogen) atoms. The topological polar surface area (TPSA) is 97.6 Å². The zero-order valence-corrected chi connectivity index (χ0v) is 15.5. The number of carbonyl (C=O) groups is 1. The molecule has 1 amide bonds. The van der Waals surface area contributed by atoms with Crippen molar-refractivity contribution in [3.8, 4) is 0 Å². The Labute approximate surface area is 164 Å². The van der Waals surface area contributed by atoms with Gasteiger partial charge in [-0.1, -0.05) is 40.4 Å². The smallest absolute Gasteiger partial charge is 0.255 e. The lowest BCUT2D eigenvalue weighted by Gasteiger charge is -2.28. The molecular weight excluding hydrogens is 389 g/mol. The van der Waals surface area contributed by atoms with Crippen LogP contribution in [0.15, 0.2) is 54.0 Å². The molecule has 0 saturated carbocycles. The third-order valence-electron chi connectivity index (χ3n) is 4.15. The van der Waals surface area contributed by atoms with Crippen molar-refractivity contribution >= 4 is 40.7 Å². The van der Waals surface area contributed by atoms with Crippen molar-refractivity contribution in [2.24, 2.45) is 0 Å². The van der Waals surface area contributed by atoms with E-state index in [1.165, 1.54) is 4.68 Å². The standard InChI is InChI=1S/C17H13Cl2N7O/c1-9-13(16(27)22-10-4-3-7-20-8-10)15(26-17(21-9)23-24-25-26)11-5-2-6-12(18)14(11)19/h2-8,15H,1H3,(H,22,27)(H,21,23,25). The number of benzene rings is 1. The highest BCUT2D eigenvalue weighted by Gasteiger charge is 2.35. The molecule has 0 spiro atoms. The zero-order valence-electron chi connectivity index (χ0n) is 14.0. The minimum absolute atomic E-state index is 0.324. The summed E-state index contributed by atoms with van der Waals surface area (Å²) in [5, 5.41) is 18.3. The summed E-state index contributed by atoms with van der Waals surface area (Å²) < 4.78 is 1.50. The van der Waals surface area contributed by atoms with Gasteiger partial charge in [-0.05, 0) is 35.5 Å². The van der Waals surface area contributed by atoms with Gasteiger partial charge in [-0.3, -0.25) is 9.78 Å². The van der Waals surface area contributed by atoms with Gasteiger partial charge in [0.05, 0.1) is 27.5 Å². The van der Waals surface area contributed by atoms with Gasteiger partial charge in [0.1, 0.15) is 6.04 Å². The molecule has 1 unspecified atom stereocenters. The van der Waals surface area contributed by atoms with Crippen LogP contribution in [0.3, 0.4) is 0 Å². The Balaban J connectivity index is 1.82. The van der Waals surface area contributed by atoms with Gasteiger partial charge in [0.25, 0.3) is 5.91 Å². The summed E-state index contributed by atoms with van der Waals surface area (Å²) in [7, 11) is 0. The lowest BCUT2D eigenvalue weighted by Crippen LogP contribution is -2.31. The van der Waals surface area contributed by atoms with Crippen LogP contribution in [-0.4, -0.2) is 31.1 Å². The van der Waals surface area contributed by atoms with E-state index in [2.05, 4.69) is 31.1 Å². The minimum Gasteiger partial charge on any atom is -0.326 e. The Morgan fingerprint density at radius 2 is 2.11 bits per heavy atom. The first kappa shape index (κ1) is 17.4. The van der Waals surface area contributed by atoms with Crippen LogP contribution in [0.25, 0.3) is 0 Å². The van der Waals surface area contributed by atoms with Crippen LogP contribution in [0.5, 0.6) is 0 Å². The lowest BCUT2D eigenvalue weighted by atomic mass is 9.95. The second-order valence-electron chi connectivity index (χ2n) is 5.85. The van der Waals surface area contributed by atoms with Gasteiger partial charge in [-0.25, -0.2) is 0 Å². The number of amides is 1. The quantitative estimate of drug-likeness (QED) is 0.698. The Morgan fingerprint density at radius 3 is 2.89 bits per heavy atom. The average molecular weight is 402 g/mol. The Kier molecular flexibility index (Phi) is 4.51. The lowest BCUT2D eigenvalue weighted by molar-refractivity contribution is -0.113. The number of tetrazole rings is 1. The number of fused-ring (bicyclic) bond motifs is 1. The minimum atomic E-state index is -0.640. The predicted molar refractivity (Wildman–Crippen MR) is 102 cm³/mol. The van der Waals surface area contributed by atoms with Crippen LogP contribution in [-0.2, 0) is 4.79 Å². The molecule has 1 aliphatic heterocycles. The van der Waals surface area contributed by atoms with E-state index in [0.717, 1.165) is 0 Å². The van der Waals surface area contributed by atoms with Crippen molar-refractivity contribution in [3.05, 3.63) is 69.6 Å². The number of allylic oxidation sites excluding steroid dienone is 1. The number of pyridine rings is 1. The molecule has 0 bridgehead atoms. The Morgan fingerprint density at radius 1 is 1.26 bits per heavy atom. The maximum absolute atomic E-state index is 13.1. The van der Waals surface area contributed by atoms with Crippen LogP contribution in [0.1, 0.15) is 18.5 Å². The summed E-state index contributed by atoms with van der Waals surface area (Å²) in [6.45, 7) is 1.78. The van der Waals surface area contributed by atoms with Gasteiger partial charge in [0, 0.05) is 17.5 Å². The molecule has 3 heterocycles. The normalized spacial score (nSPS) is 15.9. The molecule has 10 heteroatoms. The second kappa shape index (κ2) is 6.98. The van der Waals surface area contributed by atoms with E-state index in [1.807, 2.05) is 0 Å². The van der Waals surface area contributed by atoms with Gasteiger partial charge < -0.3 is 10.6 Å². The van der Waals surface area contributed by atoms with Crippen molar-refractivity contribution < 1.29 is 4.79 Å².